The molecule has 0 saturated carbocycles. The molecule has 27 heavy (non-hydrogen) atoms. The van der Waals surface area contributed by atoms with Gasteiger partial charge in [-0.3, -0.25) is 4.79 Å². The highest BCUT2D eigenvalue weighted by Gasteiger charge is 2.24. The first kappa shape index (κ1) is 17.5. The van der Waals surface area contributed by atoms with Crippen LogP contribution in [0.3, 0.4) is 0 Å². The number of benzene rings is 2. The second-order valence-corrected chi connectivity index (χ2v) is 7.07. The molecule has 0 bridgehead atoms. The average Bonchev–Trinajstić information content (AvgIpc) is 3.39. The number of halogens is 1. The van der Waals surface area contributed by atoms with Gasteiger partial charge in [0.1, 0.15) is 6.04 Å². The van der Waals surface area contributed by atoms with Crippen molar-refractivity contribution >= 4 is 28.8 Å². The van der Waals surface area contributed by atoms with E-state index in [9.17, 15) is 4.79 Å². The van der Waals surface area contributed by atoms with Gasteiger partial charge in [-0.2, -0.15) is 0 Å². The Morgan fingerprint density at radius 1 is 1.00 bits per heavy atom. The van der Waals surface area contributed by atoms with E-state index >= 15 is 0 Å². The van der Waals surface area contributed by atoms with Crippen molar-refractivity contribution in [3.63, 3.8) is 0 Å². The first-order chi connectivity index (χ1) is 13.2. The second kappa shape index (κ2) is 7.73. The SMILES string of the molecule is O=C(N[C@H](c1ccccc1)c1nnc(-c2ccccc2Cl)o1)c1cccs1. The number of nitrogens with one attached hydrogen (secondary N) is 1. The number of carbonyl (C=O) groups is 1. The zero-order valence-electron chi connectivity index (χ0n) is 14.0. The predicted octanol–water partition coefficient (Wildman–Crippen LogP) is 4.97. The number of amides is 1. The van der Waals surface area contributed by atoms with Crippen LogP contribution in [0.1, 0.15) is 27.2 Å². The summed E-state index contributed by atoms with van der Waals surface area (Å²) in [5, 5.41) is 13.6. The summed E-state index contributed by atoms with van der Waals surface area (Å²) in [5.74, 6) is 0.402. The molecule has 0 aliphatic heterocycles. The molecule has 7 heteroatoms. The number of carbonyl (C=O) groups excluding carboxylic acids is 1. The van der Waals surface area contributed by atoms with Crippen molar-refractivity contribution in [1.29, 1.82) is 0 Å². The predicted molar refractivity (Wildman–Crippen MR) is 105 cm³/mol. The Bertz CT molecular complexity index is 1050. The van der Waals surface area contributed by atoms with Gasteiger partial charge in [0, 0.05) is 0 Å². The lowest BCUT2D eigenvalue weighted by atomic mass is 10.1. The smallest absolute Gasteiger partial charge is 0.262 e. The minimum atomic E-state index is -0.565. The normalized spacial score (nSPS) is 11.9. The van der Waals surface area contributed by atoms with Crippen LogP contribution in [-0.4, -0.2) is 16.1 Å². The summed E-state index contributed by atoms with van der Waals surface area (Å²) < 4.78 is 5.87. The number of aromatic nitrogens is 2. The van der Waals surface area contributed by atoms with Gasteiger partial charge in [0.25, 0.3) is 5.91 Å². The number of thiophene rings is 1. The molecule has 1 amide bonds. The number of rotatable bonds is 5. The molecule has 1 atom stereocenters. The van der Waals surface area contributed by atoms with Crippen LogP contribution in [-0.2, 0) is 0 Å². The van der Waals surface area contributed by atoms with Crippen LogP contribution in [0.15, 0.2) is 76.5 Å². The number of hydrogen-bond acceptors (Lipinski definition) is 5. The van der Waals surface area contributed by atoms with Gasteiger partial charge < -0.3 is 9.73 Å². The summed E-state index contributed by atoms with van der Waals surface area (Å²) in [7, 11) is 0. The Labute approximate surface area is 164 Å². The standard InChI is InChI=1S/C20H14ClN3O2S/c21-15-10-5-4-9-14(15)19-23-24-20(26-19)17(13-7-2-1-3-8-13)22-18(25)16-11-6-12-27-16/h1-12,17H,(H,22,25)/t17-/m1/s1. The molecule has 1 N–H and O–H groups in total. The Hall–Kier alpha value is -2.96. The van der Waals surface area contributed by atoms with Gasteiger partial charge in [0.2, 0.25) is 11.8 Å². The summed E-state index contributed by atoms with van der Waals surface area (Å²) in [6.45, 7) is 0. The maximum Gasteiger partial charge on any atom is 0.262 e. The fourth-order valence-electron chi connectivity index (χ4n) is 2.64. The van der Waals surface area contributed by atoms with Crippen LogP contribution in [0.4, 0.5) is 0 Å². The third-order valence-corrected chi connectivity index (χ3v) is 5.14. The van der Waals surface area contributed by atoms with Crippen LogP contribution >= 0.6 is 22.9 Å². The van der Waals surface area contributed by atoms with Gasteiger partial charge in [0.05, 0.1) is 15.5 Å². The van der Waals surface area contributed by atoms with Crippen LogP contribution < -0.4 is 5.32 Å². The first-order valence-corrected chi connectivity index (χ1v) is 9.46. The van der Waals surface area contributed by atoms with Gasteiger partial charge >= 0.3 is 0 Å². The largest absolute Gasteiger partial charge is 0.418 e. The van der Waals surface area contributed by atoms with Crippen molar-refractivity contribution in [3.8, 4) is 11.5 Å². The Morgan fingerprint density at radius 2 is 1.78 bits per heavy atom. The van der Waals surface area contributed by atoms with Crippen LogP contribution in [0, 0.1) is 0 Å². The molecule has 0 fully saturated rings. The zero-order chi connectivity index (χ0) is 18.6. The number of hydrogen-bond donors (Lipinski definition) is 1. The molecule has 2 heterocycles. The fourth-order valence-corrected chi connectivity index (χ4v) is 3.48. The molecule has 134 valence electrons. The quantitative estimate of drug-likeness (QED) is 0.518. The third kappa shape index (κ3) is 3.77. The average molecular weight is 396 g/mol. The van der Waals surface area contributed by atoms with Gasteiger partial charge in [0.15, 0.2) is 0 Å². The van der Waals surface area contributed by atoms with Gasteiger partial charge in [-0.15, -0.1) is 21.5 Å². The molecule has 4 rings (SSSR count). The third-order valence-electron chi connectivity index (χ3n) is 3.95. The Morgan fingerprint density at radius 3 is 2.52 bits per heavy atom. The summed E-state index contributed by atoms with van der Waals surface area (Å²) in [5.41, 5.74) is 1.49. The van der Waals surface area contributed by atoms with E-state index in [1.807, 2.05) is 53.9 Å². The summed E-state index contributed by atoms with van der Waals surface area (Å²) in [6, 6.07) is 19.8. The van der Waals surface area contributed by atoms with Crippen LogP contribution in [0.2, 0.25) is 5.02 Å². The minimum Gasteiger partial charge on any atom is -0.418 e. The van der Waals surface area contributed by atoms with E-state index in [1.54, 1.807) is 18.2 Å². The van der Waals surface area contributed by atoms with E-state index in [-0.39, 0.29) is 5.91 Å². The van der Waals surface area contributed by atoms with E-state index in [0.717, 1.165) is 5.56 Å². The van der Waals surface area contributed by atoms with Crippen molar-refractivity contribution in [2.75, 3.05) is 0 Å². The molecule has 2 aromatic carbocycles. The summed E-state index contributed by atoms with van der Waals surface area (Å²) >= 11 is 7.59. The van der Waals surface area contributed by atoms with Gasteiger partial charge in [-0.1, -0.05) is 60.1 Å². The maximum atomic E-state index is 12.6. The Kier molecular flexibility index (Phi) is 5.00. The lowest BCUT2D eigenvalue weighted by Crippen LogP contribution is -2.29. The monoisotopic (exact) mass is 395 g/mol. The fraction of sp³-hybridized carbons (Fsp3) is 0.0500. The molecule has 2 aromatic heterocycles. The number of nitrogens with zero attached hydrogens (tertiary/aromatic N) is 2. The van der Waals surface area contributed by atoms with E-state index < -0.39 is 6.04 Å². The second-order valence-electron chi connectivity index (χ2n) is 5.72. The molecular formula is C20H14ClN3O2S. The molecule has 0 unspecified atom stereocenters. The Balaban J connectivity index is 1.69. The molecule has 0 spiro atoms. The van der Waals surface area contributed by atoms with Crippen molar-refractivity contribution in [2.24, 2.45) is 0 Å². The maximum absolute atomic E-state index is 12.6. The van der Waals surface area contributed by atoms with Crippen molar-refractivity contribution in [3.05, 3.63) is 93.5 Å². The van der Waals surface area contributed by atoms with E-state index in [2.05, 4.69) is 15.5 Å². The van der Waals surface area contributed by atoms with E-state index in [4.69, 9.17) is 16.0 Å². The highest BCUT2D eigenvalue weighted by Crippen LogP contribution is 2.29. The molecule has 0 aliphatic carbocycles. The van der Waals surface area contributed by atoms with E-state index in [1.165, 1.54) is 11.3 Å². The molecular weight excluding hydrogens is 382 g/mol. The van der Waals surface area contributed by atoms with Crippen molar-refractivity contribution in [2.45, 2.75) is 6.04 Å². The van der Waals surface area contributed by atoms with E-state index in [0.29, 0.717) is 27.2 Å². The van der Waals surface area contributed by atoms with Gasteiger partial charge in [-0.05, 0) is 29.1 Å². The van der Waals surface area contributed by atoms with Crippen molar-refractivity contribution in [1.82, 2.24) is 15.5 Å². The summed E-state index contributed by atoms with van der Waals surface area (Å²) in [4.78, 5) is 13.2. The topological polar surface area (TPSA) is 68.0 Å². The van der Waals surface area contributed by atoms with Gasteiger partial charge in [-0.25, -0.2) is 0 Å². The molecule has 0 saturated heterocycles. The molecule has 0 radical (unpaired) electrons. The zero-order valence-corrected chi connectivity index (χ0v) is 15.6. The molecule has 5 nitrogen and oxygen atoms in total. The molecule has 0 aliphatic rings. The lowest BCUT2D eigenvalue weighted by molar-refractivity contribution is 0.0942. The molecule has 4 aromatic rings. The lowest BCUT2D eigenvalue weighted by Gasteiger charge is -2.15. The highest BCUT2D eigenvalue weighted by molar-refractivity contribution is 7.12. The van der Waals surface area contributed by atoms with Crippen LogP contribution in [0.25, 0.3) is 11.5 Å². The minimum absolute atomic E-state index is 0.198. The van der Waals surface area contributed by atoms with Crippen LogP contribution in [0.5, 0.6) is 0 Å². The van der Waals surface area contributed by atoms with Crippen molar-refractivity contribution < 1.29 is 9.21 Å². The first-order valence-electron chi connectivity index (χ1n) is 8.20. The summed E-state index contributed by atoms with van der Waals surface area (Å²) in [6.07, 6.45) is 0. The highest BCUT2D eigenvalue weighted by atomic mass is 35.5.